The fraction of sp³-hybridized carbons (Fsp3) is 0.267. The lowest BCUT2D eigenvalue weighted by atomic mass is 9.66. The number of fused-ring (bicyclic) bond motifs is 3. The van der Waals surface area contributed by atoms with Gasteiger partial charge in [-0.2, -0.15) is 0 Å². The summed E-state index contributed by atoms with van der Waals surface area (Å²) < 4.78 is 0. The molecule has 2 aromatic carbocycles. The molecule has 0 aliphatic heterocycles. The van der Waals surface area contributed by atoms with E-state index >= 15 is 0 Å². The number of hydrogen-bond donors (Lipinski definition) is 0. The first-order valence-corrected chi connectivity index (χ1v) is 11.2. The normalized spacial score (nSPS) is 14.4. The van der Waals surface area contributed by atoms with Crippen LogP contribution in [0.2, 0.25) is 0 Å². The number of rotatable bonds is 5. The minimum atomic E-state index is -0.303. The third-order valence-electron chi connectivity index (χ3n) is 5.20. The van der Waals surface area contributed by atoms with Crippen LogP contribution in [0.15, 0.2) is 109 Å². The molecule has 0 amide bonds. The van der Waals surface area contributed by atoms with E-state index < -0.39 is 0 Å². The maximum atomic E-state index is 3.86. The zero-order chi connectivity index (χ0) is 22.6. The van der Waals surface area contributed by atoms with E-state index in [0.29, 0.717) is 0 Å². The summed E-state index contributed by atoms with van der Waals surface area (Å²) in [4.78, 5) is 0. The molecule has 0 saturated carbocycles. The van der Waals surface area contributed by atoms with Crippen LogP contribution < -0.4 is 0 Å². The second-order valence-electron chi connectivity index (χ2n) is 6.42. The maximum Gasteiger partial charge on any atom is 0.0707 e. The van der Waals surface area contributed by atoms with E-state index in [-0.39, 0.29) is 5.41 Å². The smallest absolute Gasteiger partial charge is 0.0707 e. The monoisotopic (exact) mass is 398 g/mol. The SMILES string of the molecule is C=C/C=C\C(=C/C)C1(C(/C=C\C)=C/C)c2ccccc2-c2ccccc21.CC.CC. The first kappa shape index (κ1) is 25.2. The van der Waals surface area contributed by atoms with Gasteiger partial charge in [-0.1, -0.05) is 125 Å². The fourth-order valence-electron chi connectivity index (χ4n) is 4.25. The van der Waals surface area contributed by atoms with E-state index in [0.717, 1.165) is 0 Å². The van der Waals surface area contributed by atoms with Crippen LogP contribution >= 0.6 is 0 Å². The van der Waals surface area contributed by atoms with Crippen LogP contribution in [0.25, 0.3) is 11.1 Å². The molecule has 3 rings (SSSR count). The Morgan fingerprint density at radius 2 is 1.13 bits per heavy atom. The van der Waals surface area contributed by atoms with E-state index in [1.807, 2.05) is 39.8 Å². The van der Waals surface area contributed by atoms with E-state index in [1.54, 1.807) is 0 Å². The molecule has 0 fully saturated rings. The van der Waals surface area contributed by atoms with E-state index in [9.17, 15) is 0 Å². The van der Waals surface area contributed by atoms with Crippen LogP contribution in [0.5, 0.6) is 0 Å². The third-order valence-corrected chi connectivity index (χ3v) is 5.20. The van der Waals surface area contributed by atoms with Crippen LogP contribution in [0, 0.1) is 0 Å². The Morgan fingerprint density at radius 1 is 0.700 bits per heavy atom. The quantitative estimate of drug-likeness (QED) is 0.440. The predicted molar refractivity (Wildman–Crippen MR) is 137 cm³/mol. The van der Waals surface area contributed by atoms with Gasteiger partial charge in [0, 0.05) is 0 Å². The Balaban J connectivity index is 0.00000106. The lowest BCUT2D eigenvalue weighted by molar-refractivity contribution is 0.761. The van der Waals surface area contributed by atoms with Gasteiger partial charge in [-0.05, 0) is 54.2 Å². The van der Waals surface area contributed by atoms with E-state index in [1.165, 1.54) is 33.4 Å². The highest BCUT2D eigenvalue weighted by molar-refractivity contribution is 5.87. The molecule has 0 nitrogen and oxygen atoms in total. The highest BCUT2D eigenvalue weighted by Crippen LogP contribution is 2.56. The fourth-order valence-corrected chi connectivity index (χ4v) is 4.25. The van der Waals surface area contributed by atoms with Gasteiger partial charge in [-0.15, -0.1) is 0 Å². The highest BCUT2D eigenvalue weighted by Gasteiger charge is 2.46. The minimum Gasteiger partial charge on any atom is -0.0991 e. The summed E-state index contributed by atoms with van der Waals surface area (Å²) in [5.74, 6) is 0. The van der Waals surface area contributed by atoms with Crippen molar-refractivity contribution in [3.05, 3.63) is 120 Å². The molecule has 158 valence electrons. The molecule has 0 heterocycles. The molecular weight excluding hydrogens is 360 g/mol. The number of allylic oxidation sites excluding steroid dienone is 9. The molecule has 1 aliphatic carbocycles. The molecule has 0 N–H and O–H groups in total. The van der Waals surface area contributed by atoms with Crippen molar-refractivity contribution in [2.24, 2.45) is 0 Å². The van der Waals surface area contributed by atoms with Gasteiger partial charge in [0.1, 0.15) is 0 Å². The summed E-state index contributed by atoms with van der Waals surface area (Å²) >= 11 is 0. The van der Waals surface area contributed by atoms with Gasteiger partial charge in [0.15, 0.2) is 0 Å². The van der Waals surface area contributed by atoms with Gasteiger partial charge in [-0.3, -0.25) is 0 Å². The van der Waals surface area contributed by atoms with Crippen LogP contribution in [0.3, 0.4) is 0 Å². The second-order valence-corrected chi connectivity index (χ2v) is 6.42. The molecular formula is C30H38. The largest absolute Gasteiger partial charge is 0.0991 e. The first-order chi connectivity index (χ1) is 14.7. The van der Waals surface area contributed by atoms with Crippen molar-refractivity contribution in [2.75, 3.05) is 0 Å². The molecule has 0 radical (unpaired) electrons. The lowest BCUT2D eigenvalue weighted by Gasteiger charge is -2.35. The summed E-state index contributed by atoms with van der Waals surface area (Å²) in [7, 11) is 0. The van der Waals surface area contributed by atoms with Crippen molar-refractivity contribution in [3.8, 4) is 11.1 Å². The predicted octanol–water partition coefficient (Wildman–Crippen LogP) is 9.22. The Labute approximate surface area is 185 Å². The standard InChI is InChI=1S/C26H26.2C2H6/c1-5-9-15-21(8-4)26(20(7-3)14-6-2)24-18-12-10-16-22(24)23-17-11-13-19-25(23)26;2*1-2/h5-19H,1H2,2-4H3;2*1-2H3/b14-6-,15-9-,20-7+,21-8+;;. The molecule has 30 heavy (non-hydrogen) atoms. The van der Waals surface area contributed by atoms with E-state index in [2.05, 4.69) is 106 Å². The second kappa shape index (κ2) is 12.6. The summed E-state index contributed by atoms with van der Waals surface area (Å²) in [6, 6.07) is 17.6. The van der Waals surface area contributed by atoms with Crippen LogP contribution in [-0.4, -0.2) is 0 Å². The van der Waals surface area contributed by atoms with Gasteiger partial charge in [0.25, 0.3) is 0 Å². The Hall–Kier alpha value is -2.86. The number of hydrogen-bond acceptors (Lipinski definition) is 0. The van der Waals surface area contributed by atoms with Gasteiger partial charge >= 0.3 is 0 Å². The Bertz CT molecular complexity index is 887. The molecule has 0 heteroatoms. The van der Waals surface area contributed by atoms with Gasteiger partial charge in [0.2, 0.25) is 0 Å². The van der Waals surface area contributed by atoms with Crippen molar-refractivity contribution < 1.29 is 0 Å². The van der Waals surface area contributed by atoms with Crippen molar-refractivity contribution in [1.82, 2.24) is 0 Å². The summed E-state index contributed by atoms with van der Waals surface area (Å²) in [6.45, 7) is 18.2. The van der Waals surface area contributed by atoms with E-state index in [4.69, 9.17) is 0 Å². The van der Waals surface area contributed by atoms with Gasteiger partial charge in [0.05, 0.1) is 5.41 Å². The topological polar surface area (TPSA) is 0 Å². The molecule has 0 atom stereocenters. The molecule has 0 bridgehead atoms. The third kappa shape index (κ3) is 4.33. The van der Waals surface area contributed by atoms with Crippen molar-refractivity contribution in [3.63, 3.8) is 0 Å². The number of benzene rings is 2. The molecule has 0 aromatic heterocycles. The summed E-state index contributed by atoms with van der Waals surface area (Å²) in [5.41, 5.74) is 7.57. The van der Waals surface area contributed by atoms with Crippen molar-refractivity contribution in [1.29, 1.82) is 0 Å². The van der Waals surface area contributed by atoms with Crippen LogP contribution in [0.4, 0.5) is 0 Å². The highest BCUT2D eigenvalue weighted by atomic mass is 14.5. The zero-order valence-electron chi connectivity index (χ0n) is 19.9. The van der Waals surface area contributed by atoms with Gasteiger partial charge in [-0.25, -0.2) is 0 Å². The average Bonchev–Trinajstić information content (AvgIpc) is 3.12. The van der Waals surface area contributed by atoms with Crippen LogP contribution in [-0.2, 0) is 5.41 Å². The maximum absolute atomic E-state index is 3.86. The molecule has 0 unspecified atom stereocenters. The van der Waals surface area contributed by atoms with Crippen molar-refractivity contribution >= 4 is 0 Å². The summed E-state index contributed by atoms with van der Waals surface area (Å²) in [5, 5.41) is 0. The average molecular weight is 399 g/mol. The first-order valence-electron chi connectivity index (χ1n) is 11.2. The molecule has 0 saturated heterocycles. The lowest BCUT2D eigenvalue weighted by Crippen LogP contribution is -2.29. The zero-order valence-corrected chi connectivity index (χ0v) is 19.9. The molecule has 2 aromatic rings. The van der Waals surface area contributed by atoms with Gasteiger partial charge < -0.3 is 0 Å². The minimum absolute atomic E-state index is 0.303. The molecule has 0 spiro atoms. The Morgan fingerprint density at radius 3 is 1.53 bits per heavy atom. The van der Waals surface area contributed by atoms with Crippen LogP contribution in [0.1, 0.15) is 59.6 Å². The summed E-state index contributed by atoms with van der Waals surface area (Å²) in [6.07, 6.45) is 14.9. The van der Waals surface area contributed by atoms with Crippen molar-refractivity contribution in [2.45, 2.75) is 53.9 Å². The Kier molecular flexibility index (Phi) is 10.6. The molecule has 1 aliphatic rings.